The van der Waals surface area contributed by atoms with Gasteiger partial charge >= 0.3 is 5.97 Å². The second kappa shape index (κ2) is 6.02. The molecule has 1 heterocycles. The molecule has 1 aromatic rings. The van der Waals surface area contributed by atoms with Crippen molar-refractivity contribution in [3.8, 4) is 0 Å². The molecule has 1 fully saturated rings. The molecule has 0 unspecified atom stereocenters. The van der Waals surface area contributed by atoms with Crippen LogP contribution in [-0.2, 0) is 9.59 Å². The van der Waals surface area contributed by atoms with Crippen molar-refractivity contribution in [2.45, 2.75) is 32.2 Å². The molecule has 0 bridgehead atoms. The fourth-order valence-electron chi connectivity index (χ4n) is 2.29. The van der Waals surface area contributed by atoms with Crippen molar-refractivity contribution >= 4 is 29.3 Å². The van der Waals surface area contributed by atoms with Crippen LogP contribution in [-0.4, -0.2) is 23.0 Å². The van der Waals surface area contributed by atoms with Gasteiger partial charge in [-0.05, 0) is 44.4 Å². The van der Waals surface area contributed by atoms with Crippen LogP contribution in [0.2, 0.25) is 0 Å². The smallest absolute Gasteiger partial charge is 0.306 e. The first kappa shape index (κ1) is 13.8. The molecule has 0 spiro atoms. The summed E-state index contributed by atoms with van der Waals surface area (Å²) >= 11 is 1.63. The summed E-state index contributed by atoms with van der Waals surface area (Å²) in [5.74, 6) is -1.22. The third kappa shape index (κ3) is 3.92. The molecule has 5 heteroatoms. The third-order valence-electron chi connectivity index (χ3n) is 3.29. The fourth-order valence-corrected chi connectivity index (χ4v) is 3.07. The van der Waals surface area contributed by atoms with Crippen LogP contribution in [0.3, 0.4) is 0 Å². The van der Waals surface area contributed by atoms with Gasteiger partial charge < -0.3 is 10.4 Å². The minimum Gasteiger partial charge on any atom is -0.481 e. The van der Waals surface area contributed by atoms with E-state index >= 15 is 0 Å². The second-order valence-corrected chi connectivity index (χ2v) is 6.15. The maximum absolute atomic E-state index is 11.7. The normalized spacial score (nSPS) is 22.8. The van der Waals surface area contributed by atoms with Crippen molar-refractivity contribution in [3.05, 3.63) is 28.0 Å². The molecule has 0 aliphatic heterocycles. The summed E-state index contributed by atoms with van der Waals surface area (Å²) in [7, 11) is 0. The zero-order valence-corrected chi connectivity index (χ0v) is 11.6. The molecule has 1 saturated carbocycles. The first-order valence-electron chi connectivity index (χ1n) is 6.32. The van der Waals surface area contributed by atoms with E-state index in [2.05, 4.69) is 5.32 Å². The fraction of sp³-hybridized carbons (Fsp3) is 0.429. The SMILES string of the molecule is Cc1ccc(/C=C/C(=O)N[C@H]2CC[C@@H](C(=O)O)C2)s1. The van der Waals surface area contributed by atoms with Gasteiger partial charge in [0, 0.05) is 21.9 Å². The predicted molar refractivity (Wildman–Crippen MR) is 75.0 cm³/mol. The maximum atomic E-state index is 11.7. The first-order valence-corrected chi connectivity index (χ1v) is 7.14. The van der Waals surface area contributed by atoms with Gasteiger partial charge in [0.25, 0.3) is 0 Å². The summed E-state index contributed by atoms with van der Waals surface area (Å²) in [6.45, 7) is 2.02. The average molecular weight is 279 g/mol. The van der Waals surface area contributed by atoms with Gasteiger partial charge in [-0.2, -0.15) is 0 Å². The van der Waals surface area contributed by atoms with Gasteiger partial charge in [0.15, 0.2) is 0 Å². The minimum absolute atomic E-state index is 0.0108. The molecule has 19 heavy (non-hydrogen) atoms. The minimum atomic E-state index is -0.763. The van der Waals surface area contributed by atoms with Crippen molar-refractivity contribution < 1.29 is 14.7 Å². The average Bonchev–Trinajstić information content (AvgIpc) is 2.96. The Morgan fingerprint density at radius 1 is 1.42 bits per heavy atom. The summed E-state index contributed by atoms with van der Waals surface area (Å²) in [4.78, 5) is 24.8. The molecule has 1 aliphatic rings. The Labute approximate surface area is 116 Å². The maximum Gasteiger partial charge on any atom is 0.306 e. The van der Waals surface area contributed by atoms with E-state index in [0.29, 0.717) is 12.8 Å². The second-order valence-electron chi connectivity index (χ2n) is 4.84. The number of carbonyl (C=O) groups excluding carboxylic acids is 1. The predicted octanol–water partition coefficient (Wildman–Crippen LogP) is 2.44. The molecular weight excluding hydrogens is 262 g/mol. The Morgan fingerprint density at radius 3 is 2.79 bits per heavy atom. The number of aliphatic carboxylic acids is 1. The van der Waals surface area contributed by atoms with Gasteiger partial charge in [-0.15, -0.1) is 11.3 Å². The quantitative estimate of drug-likeness (QED) is 0.832. The van der Waals surface area contributed by atoms with Crippen LogP contribution >= 0.6 is 11.3 Å². The zero-order valence-electron chi connectivity index (χ0n) is 10.8. The van der Waals surface area contributed by atoms with Crippen molar-refractivity contribution in [3.63, 3.8) is 0 Å². The van der Waals surface area contributed by atoms with Crippen LogP contribution in [0.5, 0.6) is 0 Å². The van der Waals surface area contributed by atoms with E-state index in [9.17, 15) is 9.59 Å². The van der Waals surface area contributed by atoms with Crippen molar-refractivity contribution in [2.75, 3.05) is 0 Å². The number of aryl methyl sites for hydroxylation is 1. The van der Waals surface area contributed by atoms with Crippen LogP contribution in [0, 0.1) is 12.8 Å². The summed E-state index contributed by atoms with van der Waals surface area (Å²) in [5, 5.41) is 11.8. The monoisotopic (exact) mass is 279 g/mol. The number of hydrogen-bond donors (Lipinski definition) is 2. The van der Waals surface area contributed by atoms with Gasteiger partial charge in [-0.3, -0.25) is 9.59 Å². The highest BCUT2D eigenvalue weighted by atomic mass is 32.1. The molecule has 0 saturated heterocycles. The molecule has 2 N–H and O–H groups in total. The lowest BCUT2D eigenvalue weighted by molar-refractivity contribution is -0.141. The standard InChI is InChI=1S/C14H17NO3S/c1-9-2-5-12(19-9)6-7-13(16)15-11-4-3-10(8-11)14(17)18/h2,5-7,10-11H,3-4,8H2,1H3,(H,15,16)(H,17,18)/b7-6+/t10-,11+/m1/s1. The molecule has 1 aromatic heterocycles. The number of amides is 1. The Hall–Kier alpha value is -1.62. The van der Waals surface area contributed by atoms with E-state index in [0.717, 1.165) is 11.3 Å². The molecule has 102 valence electrons. The summed E-state index contributed by atoms with van der Waals surface area (Å²) < 4.78 is 0. The topological polar surface area (TPSA) is 66.4 Å². The molecule has 1 amide bonds. The van der Waals surface area contributed by atoms with E-state index < -0.39 is 5.97 Å². The molecular formula is C14H17NO3S. The summed E-state index contributed by atoms with van der Waals surface area (Å²) in [6, 6.07) is 3.97. The van der Waals surface area contributed by atoms with Crippen molar-refractivity contribution in [2.24, 2.45) is 5.92 Å². The van der Waals surface area contributed by atoms with Crippen LogP contribution in [0.15, 0.2) is 18.2 Å². The first-order chi connectivity index (χ1) is 9.04. The van der Waals surface area contributed by atoms with E-state index in [1.54, 1.807) is 17.4 Å². The van der Waals surface area contributed by atoms with Crippen LogP contribution in [0.25, 0.3) is 6.08 Å². The van der Waals surface area contributed by atoms with Crippen LogP contribution < -0.4 is 5.32 Å². The van der Waals surface area contributed by atoms with Gasteiger partial charge in [0.1, 0.15) is 0 Å². The van der Waals surface area contributed by atoms with Crippen LogP contribution in [0.1, 0.15) is 29.0 Å². The summed E-state index contributed by atoms with van der Waals surface area (Å²) in [5.41, 5.74) is 0. The molecule has 0 radical (unpaired) electrons. The number of carbonyl (C=O) groups is 2. The molecule has 2 rings (SSSR count). The van der Waals surface area contributed by atoms with E-state index in [1.807, 2.05) is 19.1 Å². The Balaban J connectivity index is 1.82. The van der Waals surface area contributed by atoms with Crippen molar-refractivity contribution in [1.29, 1.82) is 0 Å². The number of hydrogen-bond acceptors (Lipinski definition) is 3. The highest BCUT2D eigenvalue weighted by Crippen LogP contribution is 2.25. The van der Waals surface area contributed by atoms with Crippen molar-refractivity contribution in [1.82, 2.24) is 5.32 Å². The zero-order chi connectivity index (χ0) is 13.8. The third-order valence-corrected chi connectivity index (χ3v) is 4.25. The van der Waals surface area contributed by atoms with E-state index in [4.69, 9.17) is 5.11 Å². The van der Waals surface area contributed by atoms with E-state index in [-0.39, 0.29) is 17.9 Å². The molecule has 0 aromatic carbocycles. The lowest BCUT2D eigenvalue weighted by Crippen LogP contribution is -2.31. The molecule has 2 atom stereocenters. The van der Waals surface area contributed by atoms with Gasteiger partial charge in [-0.1, -0.05) is 0 Å². The van der Waals surface area contributed by atoms with Gasteiger partial charge in [0.05, 0.1) is 5.92 Å². The molecule has 1 aliphatic carbocycles. The highest BCUT2D eigenvalue weighted by molar-refractivity contribution is 7.12. The van der Waals surface area contributed by atoms with Crippen LogP contribution in [0.4, 0.5) is 0 Å². The number of thiophene rings is 1. The lowest BCUT2D eigenvalue weighted by atomic mass is 10.1. The largest absolute Gasteiger partial charge is 0.481 e. The number of carboxylic acid groups (broad SMARTS) is 1. The van der Waals surface area contributed by atoms with Gasteiger partial charge in [0.2, 0.25) is 5.91 Å². The van der Waals surface area contributed by atoms with E-state index in [1.165, 1.54) is 11.0 Å². The lowest BCUT2D eigenvalue weighted by Gasteiger charge is -2.10. The van der Waals surface area contributed by atoms with Gasteiger partial charge in [-0.25, -0.2) is 0 Å². The number of rotatable bonds is 4. The number of nitrogens with one attached hydrogen (secondary N) is 1. The Kier molecular flexibility index (Phi) is 4.37. The Morgan fingerprint density at radius 2 is 2.21 bits per heavy atom. The highest BCUT2D eigenvalue weighted by Gasteiger charge is 2.30. The molecule has 4 nitrogen and oxygen atoms in total. The number of carboxylic acids is 1. The summed E-state index contributed by atoms with van der Waals surface area (Å²) in [6.07, 6.45) is 5.23. The Bertz CT molecular complexity index is 507.